The van der Waals surface area contributed by atoms with Gasteiger partial charge in [-0.2, -0.15) is 0 Å². The zero-order chi connectivity index (χ0) is 14.1. The highest BCUT2D eigenvalue weighted by atomic mass is 16.5. The maximum absolute atomic E-state index is 5.86. The fraction of sp³-hybridized carbons (Fsp3) is 0.667. The summed E-state index contributed by atoms with van der Waals surface area (Å²) < 4.78 is 5.86. The fourth-order valence-corrected chi connectivity index (χ4v) is 3.89. The molecule has 3 nitrogen and oxygen atoms in total. The van der Waals surface area contributed by atoms with Crippen LogP contribution in [-0.4, -0.2) is 43.7 Å². The molecule has 1 aliphatic carbocycles. The van der Waals surface area contributed by atoms with Gasteiger partial charge >= 0.3 is 0 Å². The topological polar surface area (TPSA) is 24.5 Å². The average Bonchev–Trinajstić information content (AvgIpc) is 3.30. The summed E-state index contributed by atoms with van der Waals surface area (Å²) in [5.74, 6) is 2.52. The van der Waals surface area contributed by atoms with E-state index < -0.39 is 0 Å². The quantitative estimate of drug-likeness (QED) is 0.900. The molecule has 2 unspecified atom stereocenters. The SMILES string of the molecule is c1ccc2c(c1)OCC2CN(CC1CCCNC1)C1CC1. The lowest BCUT2D eigenvalue weighted by Gasteiger charge is -2.31. The van der Waals surface area contributed by atoms with Crippen molar-refractivity contribution >= 4 is 0 Å². The highest BCUT2D eigenvalue weighted by Gasteiger charge is 2.34. The number of nitrogens with zero attached hydrogens (tertiary/aromatic N) is 1. The van der Waals surface area contributed by atoms with Crippen molar-refractivity contribution in [2.24, 2.45) is 5.92 Å². The third-order valence-electron chi connectivity index (χ3n) is 5.21. The Bertz CT molecular complexity index is 480. The van der Waals surface area contributed by atoms with Crippen molar-refractivity contribution in [3.63, 3.8) is 0 Å². The van der Waals surface area contributed by atoms with Crippen LogP contribution >= 0.6 is 0 Å². The lowest BCUT2D eigenvalue weighted by Crippen LogP contribution is -2.41. The maximum atomic E-state index is 5.86. The largest absolute Gasteiger partial charge is 0.493 e. The molecule has 1 saturated heterocycles. The van der Waals surface area contributed by atoms with E-state index in [0.717, 1.165) is 24.3 Å². The molecule has 2 atom stereocenters. The van der Waals surface area contributed by atoms with Crippen LogP contribution in [0, 0.1) is 5.92 Å². The number of fused-ring (bicyclic) bond motifs is 1. The van der Waals surface area contributed by atoms with E-state index in [9.17, 15) is 0 Å². The molecule has 3 aliphatic rings. The Morgan fingerprint density at radius 2 is 2.05 bits per heavy atom. The van der Waals surface area contributed by atoms with Crippen molar-refractivity contribution in [2.75, 3.05) is 32.8 Å². The van der Waals surface area contributed by atoms with Gasteiger partial charge in [0.1, 0.15) is 5.75 Å². The molecule has 2 aliphatic heterocycles. The Morgan fingerprint density at radius 1 is 1.14 bits per heavy atom. The number of hydrogen-bond acceptors (Lipinski definition) is 3. The molecule has 2 heterocycles. The smallest absolute Gasteiger partial charge is 0.122 e. The van der Waals surface area contributed by atoms with Crippen LogP contribution in [0.1, 0.15) is 37.2 Å². The zero-order valence-electron chi connectivity index (χ0n) is 12.8. The van der Waals surface area contributed by atoms with E-state index in [2.05, 4.69) is 34.5 Å². The number of para-hydroxylation sites is 1. The molecular formula is C18H26N2O. The molecule has 1 saturated carbocycles. The standard InChI is InChI=1S/C18H26N2O/c1-2-6-18-17(5-1)15(13-21-18)12-20(16-7-8-16)11-14-4-3-9-19-10-14/h1-2,5-6,14-16,19H,3-4,7-13H2. The van der Waals surface area contributed by atoms with E-state index in [0.29, 0.717) is 5.92 Å². The Balaban J connectivity index is 1.41. The third kappa shape index (κ3) is 3.09. The number of nitrogens with one attached hydrogen (secondary N) is 1. The average molecular weight is 286 g/mol. The van der Waals surface area contributed by atoms with Crippen LogP contribution in [0.2, 0.25) is 0 Å². The molecule has 0 bridgehead atoms. The van der Waals surface area contributed by atoms with Gasteiger partial charge in [0.25, 0.3) is 0 Å². The second-order valence-corrected chi connectivity index (χ2v) is 6.94. The molecule has 0 spiro atoms. The zero-order valence-corrected chi connectivity index (χ0v) is 12.8. The van der Waals surface area contributed by atoms with Gasteiger partial charge in [0.2, 0.25) is 0 Å². The molecular weight excluding hydrogens is 260 g/mol. The molecule has 21 heavy (non-hydrogen) atoms. The van der Waals surface area contributed by atoms with Gasteiger partial charge in [-0.15, -0.1) is 0 Å². The Morgan fingerprint density at radius 3 is 2.86 bits per heavy atom. The summed E-state index contributed by atoms with van der Waals surface area (Å²) in [4.78, 5) is 2.76. The van der Waals surface area contributed by atoms with E-state index >= 15 is 0 Å². The monoisotopic (exact) mass is 286 g/mol. The molecule has 0 radical (unpaired) electrons. The van der Waals surface area contributed by atoms with Gasteiger partial charge in [-0.25, -0.2) is 0 Å². The summed E-state index contributed by atoms with van der Waals surface area (Å²) in [5, 5.41) is 3.56. The molecule has 4 rings (SSSR count). The minimum atomic E-state index is 0.568. The molecule has 1 aromatic rings. The minimum absolute atomic E-state index is 0.568. The molecule has 114 valence electrons. The van der Waals surface area contributed by atoms with Crippen molar-refractivity contribution < 1.29 is 4.74 Å². The van der Waals surface area contributed by atoms with E-state index in [-0.39, 0.29) is 0 Å². The second-order valence-electron chi connectivity index (χ2n) is 6.94. The first-order valence-corrected chi connectivity index (χ1v) is 8.56. The first kappa shape index (κ1) is 13.6. The number of hydrogen-bond donors (Lipinski definition) is 1. The van der Waals surface area contributed by atoms with Gasteiger partial charge in [-0.05, 0) is 50.8 Å². The van der Waals surface area contributed by atoms with E-state index in [1.54, 1.807) is 0 Å². The summed E-state index contributed by atoms with van der Waals surface area (Å²) in [7, 11) is 0. The highest BCUT2D eigenvalue weighted by molar-refractivity contribution is 5.39. The van der Waals surface area contributed by atoms with Gasteiger partial charge in [0.05, 0.1) is 6.61 Å². The first-order valence-electron chi connectivity index (χ1n) is 8.56. The van der Waals surface area contributed by atoms with Crippen molar-refractivity contribution in [3.05, 3.63) is 29.8 Å². The van der Waals surface area contributed by atoms with E-state index in [1.807, 2.05) is 0 Å². The summed E-state index contributed by atoms with van der Waals surface area (Å²) in [6.45, 7) is 5.74. The van der Waals surface area contributed by atoms with Crippen LogP contribution in [0.4, 0.5) is 0 Å². The van der Waals surface area contributed by atoms with Gasteiger partial charge in [-0.3, -0.25) is 4.90 Å². The molecule has 3 heteroatoms. The molecule has 1 N–H and O–H groups in total. The predicted molar refractivity (Wildman–Crippen MR) is 84.9 cm³/mol. The summed E-state index contributed by atoms with van der Waals surface area (Å²) in [6, 6.07) is 9.43. The summed E-state index contributed by atoms with van der Waals surface area (Å²) >= 11 is 0. The van der Waals surface area contributed by atoms with Crippen LogP contribution in [0.15, 0.2) is 24.3 Å². The maximum Gasteiger partial charge on any atom is 0.122 e. The van der Waals surface area contributed by atoms with Gasteiger partial charge < -0.3 is 10.1 Å². The lowest BCUT2D eigenvalue weighted by atomic mass is 9.97. The number of rotatable bonds is 5. The first-order chi connectivity index (χ1) is 10.4. The Kier molecular flexibility index (Phi) is 3.87. The van der Waals surface area contributed by atoms with E-state index in [4.69, 9.17) is 4.74 Å². The second kappa shape index (κ2) is 5.98. The number of ether oxygens (including phenoxy) is 1. The van der Waals surface area contributed by atoms with Gasteiger partial charge in [-0.1, -0.05) is 18.2 Å². The number of benzene rings is 1. The van der Waals surface area contributed by atoms with E-state index in [1.165, 1.54) is 57.4 Å². The van der Waals surface area contributed by atoms with Crippen LogP contribution in [0.3, 0.4) is 0 Å². The lowest BCUT2D eigenvalue weighted by molar-refractivity contribution is 0.180. The van der Waals surface area contributed by atoms with Crippen molar-refractivity contribution in [2.45, 2.75) is 37.6 Å². The minimum Gasteiger partial charge on any atom is -0.493 e. The molecule has 2 fully saturated rings. The van der Waals surface area contributed by atoms with Crippen LogP contribution in [0.5, 0.6) is 5.75 Å². The summed E-state index contributed by atoms with van der Waals surface area (Å²) in [5.41, 5.74) is 1.42. The highest BCUT2D eigenvalue weighted by Crippen LogP contribution is 2.37. The van der Waals surface area contributed by atoms with Crippen LogP contribution < -0.4 is 10.1 Å². The van der Waals surface area contributed by atoms with Crippen LogP contribution in [0.25, 0.3) is 0 Å². The van der Waals surface area contributed by atoms with Crippen LogP contribution in [-0.2, 0) is 0 Å². The van der Waals surface area contributed by atoms with Crippen molar-refractivity contribution in [3.8, 4) is 5.75 Å². The van der Waals surface area contributed by atoms with Gasteiger partial charge in [0.15, 0.2) is 0 Å². The molecule has 1 aromatic carbocycles. The van der Waals surface area contributed by atoms with Crippen molar-refractivity contribution in [1.82, 2.24) is 10.2 Å². The Hall–Kier alpha value is -1.06. The predicted octanol–water partition coefficient (Wildman–Crippen LogP) is 2.63. The molecule has 0 aromatic heterocycles. The Labute approximate surface area is 127 Å². The molecule has 0 amide bonds. The fourth-order valence-electron chi connectivity index (χ4n) is 3.89. The van der Waals surface area contributed by atoms with Crippen molar-refractivity contribution in [1.29, 1.82) is 0 Å². The third-order valence-corrected chi connectivity index (χ3v) is 5.21. The van der Waals surface area contributed by atoms with Gasteiger partial charge in [0, 0.05) is 30.6 Å². The summed E-state index contributed by atoms with van der Waals surface area (Å²) in [6.07, 6.45) is 5.54. The number of piperidine rings is 1. The normalized spacial score (nSPS) is 28.4.